The molecule has 0 aliphatic carbocycles. The van der Waals surface area contributed by atoms with Crippen molar-refractivity contribution in [3.63, 3.8) is 0 Å². The number of esters is 2. The van der Waals surface area contributed by atoms with E-state index in [4.69, 9.17) is 14.2 Å². The van der Waals surface area contributed by atoms with Crippen LogP contribution in [0.2, 0.25) is 0 Å². The zero-order chi connectivity index (χ0) is 18.2. The van der Waals surface area contributed by atoms with Gasteiger partial charge in [-0.05, 0) is 32.9 Å². The summed E-state index contributed by atoms with van der Waals surface area (Å²) >= 11 is 0. The number of hydrogen-bond acceptors (Lipinski definition) is 6. The lowest BCUT2D eigenvalue weighted by atomic mass is 10.1. The molecule has 0 saturated heterocycles. The summed E-state index contributed by atoms with van der Waals surface area (Å²) in [4.78, 5) is 31.5. The number of carbonyl (C=O) groups is 2. The van der Waals surface area contributed by atoms with Crippen molar-refractivity contribution in [2.45, 2.75) is 32.4 Å². The van der Waals surface area contributed by atoms with Crippen LogP contribution in [0.25, 0.3) is 10.9 Å². The maximum Gasteiger partial charge on any atom is 0.340 e. The lowest BCUT2D eigenvalue weighted by molar-refractivity contribution is -0.142. The van der Waals surface area contributed by atoms with Gasteiger partial charge in [-0.1, -0.05) is 6.07 Å². The molecule has 1 aliphatic heterocycles. The molecule has 0 amide bonds. The van der Waals surface area contributed by atoms with Gasteiger partial charge in [0.2, 0.25) is 5.90 Å². The molecule has 7 nitrogen and oxygen atoms in total. The number of aliphatic imine (C=N–C) groups is 1. The Morgan fingerprint density at radius 3 is 2.76 bits per heavy atom. The van der Waals surface area contributed by atoms with Crippen molar-refractivity contribution < 1.29 is 23.8 Å². The minimum atomic E-state index is -0.695. The van der Waals surface area contributed by atoms with Crippen molar-refractivity contribution in [2.75, 3.05) is 13.7 Å². The summed E-state index contributed by atoms with van der Waals surface area (Å²) in [6.07, 6.45) is 1.61. The Bertz CT molecular complexity index is 860. The molecule has 25 heavy (non-hydrogen) atoms. The summed E-state index contributed by atoms with van der Waals surface area (Å²) in [5.74, 6) is -0.580. The van der Waals surface area contributed by atoms with Crippen LogP contribution in [0.5, 0.6) is 0 Å². The van der Waals surface area contributed by atoms with Crippen molar-refractivity contribution in [2.24, 2.45) is 4.99 Å². The fraction of sp³-hybridized carbons (Fsp3) is 0.389. The number of carbonyl (C=O) groups excluding carboxylic acids is 2. The van der Waals surface area contributed by atoms with Gasteiger partial charge in [0.05, 0.1) is 12.7 Å². The van der Waals surface area contributed by atoms with Gasteiger partial charge in [-0.15, -0.1) is 0 Å². The zero-order valence-electron chi connectivity index (χ0n) is 14.6. The summed E-state index contributed by atoms with van der Waals surface area (Å²) < 4.78 is 15.7. The molecule has 7 heteroatoms. The monoisotopic (exact) mass is 344 g/mol. The van der Waals surface area contributed by atoms with Crippen molar-refractivity contribution in [1.29, 1.82) is 0 Å². The van der Waals surface area contributed by atoms with E-state index in [0.29, 0.717) is 22.4 Å². The SMILES string of the molecule is COC(=O)[C@@H]1COC(c2cccc3[nH]cc(C(=O)OC(C)(C)C)c23)=N1. The van der Waals surface area contributed by atoms with E-state index in [9.17, 15) is 9.59 Å². The molecule has 132 valence electrons. The normalized spacial score (nSPS) is 17.1. The van der Waals surface area contributed by atoms with Gasteiger partial charge in [0.15, 0.2) is 6.04 Å². The topological polar surface area (TPSA) is 90.0 Å². The van der Waals surface area contributed by atoms with Gasteiger partial charge in [-0.25, -0.2) is 14.6 Å². The van der Waals surface area contributed by atoms with Gasteiger partial charge >= 0.3 is 11.9 Å². The molecule has 0 unspecified atom stereocenters. The molecule has 2 heterocycles. The highest BCUT2D eigenvalue weighted by Gasteiger charge is 2.30. The molecule has 1 atom stereocenters. The number of benzene rings is 1. The molecule has 3 rings (SSSR count). The van der Waals surface area contributed by atoms with E-state index in [1.807, 2.05) is 32.9 Å². The molecule has 0 bridgehead atoms. The van der Waals surface area contributed by atoms with Gasteiger partial charge in [-0.3, -0.25) is 0 Å². The average molecular weight is 344 g/mol. The summed E-state index contributed by atoms with van der Waals surface area (Å²) in [7, 11) is 1.31. The van der Waals surface area contributed by atoms with Crippen molar-refractivity contribution in [1.82, 2.24) is 4.98 Å². The number of methoxy groups -OCH3 is 1. The Hall–Kier alpha value is -2.83. The quantitative estimate of drug-likeness (QED) is 0.864. The summed E-state index contributed by atoms with van der Waals surface area (Å²) in [6.45, 7) is 5.55. The highest BCUT2D eigenvalue weighted by Crippen LogP contribution is 2.27. The van der Waals surface area contributed by atoms with Gasteiger partial charge in [0.25, 0.3) is 0 Å². The van der Waals surface area contributed by atoms with Crippen LogP contribution in [0.1, 0.15) is 36.7 Å². The number of fused-ring (bicyclic) bond motifs is 1. The lowest BCUT2D eigenvalue weighted by Crippen LogP contribution is -2.23. The number of nitrogens with one attached hydrogen (secondary N) is 1. The number of rotatable bonds is 3. The number of hydrogen-bond donors (Lipinski definition) is 1. The molecule has 2 aromatic rings. The van der Waals surface area contributed by atoms with E-state index in [-0.39, 0.29) is 6.61 Å². The first-order valence-corrected chi connectivity index (χ1v) is 7.92. The van der Waals surface area contributed by atoms with E-state index >= 15 is 0 Å². The molecule has 0 fully saturated rings. The highest BCUT2D eigenvalue weighted by molar-refractivity contribution is 6.15. The first-order valence-electron chi connectivity index (χ1n) is 7.92. The molecule has 1 aliphatic rings. The van der Waals surface area contributed by atoms with Crippen molar-refractivity contribution in [3.8, 4) is 0 Å². The third kappa shape index (κ3) is 3.35. The van der Waals surface area contributed by atoms with Crippen LogP contribution < -0.4 is 0 Å². The Labute approximate surface area is 145 Å². The maximum absolute atomic E-state index is 12.5. The van der Waals surface area contributed by atoms with Crippen LogP contribution in [0.15, 0.2) is 29.4 Å². The highest BCUT2D eigenvalue weighted by atomic mass is 16.6. The van der Waals surface area contributed by atoms with Crippen LogP contribution in [-0.4, -0.2) is 48.2 Å². The summed E-state index contributed by atoms with van der Waals surface area (Å²) in [5.41, 5.74) is 1.18. The Kier molecular flexibility index (Phi) is 4.24. The lowest BCUT2D eigenvalue weighted by Gasteiger charge is -2.19. The number of aromatic amines is 1. The molecule has 1 N–H and O–H groups in total. The standard InChI is InChI=1S/C18H20N2O5/c1-18(2,3)25-16(21)11-8-19-12-7-5-6-10(14(11)12)15-20-13(9-24-15)17(22)23-4/h5-8,13,19H,9H2,1-4H3/t13-/m0/s1. The largest absolute Gasteiger partial charge is 0.475 e. The second-order valence-corrected chi connectivity index (χ2v) is 6.72. The molecule has 0 spiro atoms. The predicted molar refractivity (Wildman–Crippen MR) is 91.8 cm³/mol. The number of ether oxygens (including phenoxy) is 3. The van der Waals surface area contributed by atoms with E-state index in [2.05, 4.69) is 9.98 Å². The number of aromatic nitrogens is 1. The van der Waals surface area contributed by atoms with E-state index in [1.165, 1.54) is 7.11 Å². The first kappa shape index (κ1) is 17.0. The third-order valence-corrected chi connectivity index (χ3v) is 3.68. The Morgan fingerprint density at radius 2 is 2.08 bits per heavy atom. The molecular formula is C18H20N2O5. The van der Waals surface area contributed by atoms with Gasteiger partial charge in [-0.2, -0.15) is 0 Å². The second kappa shape index (κ2) is 6.23. The van der Waals surface area contributed by atoms with Gasteiger partial charge < -0.3 is 19.2 Å². The smallest absolute Gasteiger partial charge is 0.340 e. The first-order chi connectivity index (χ1) is 11.8. The number of H-pyrrole nitrogens is 1. The maximum atomic E-state index is 12.5. The average Bonchev–Trinajstić information content (AvgIpc) is 3.19. The van der Waals surface area contributed by atoms with E-state index in [0.717, 1.165) is 5.52 Å². The fourth-order valence-electron chi connectivity index (χ4n) is 2.64. The minimum absolute atomic E-state index is 0.116. The summed E-state index contributed by atoms with van der Waals surface area (Å²) in [5, 5.41) is 0.654. The fourth-order valence-corrected chi connectivity index (χ4v) is 2.64. The van der Waals surface area contributed by atoms with Crippen LogP contribution in [0, 0.1) is 0 Å². The van der Waals surface area contributed by atoms with Gasteiger partial charge in [0.1, 0.15) is 12.2 Å². The second-order valence-electron chi connectivity index (χ2n) is 6.72. The molecule has 1 aromatic carbocycles. The van der Waals surface area contributed by atoms with Crippen molar-refractivity contribution >= 4 is 28.7 Å². The van der Waals surface area contributed by atoms with Gasteiger partial charge in [0, 0.05) is 22.7 Å². The summed E-state index contributed by atoms with van der Waals surface area (Å²) in [6, 6.07) is 4.77. The van der Waals surface area contributed by atoms with Crippen LogP contribution in [0.3, 0.4) is 0 Å². The van der Waals surface area contributed by atoms with E-state index < -0.39 is 23.6 Å². The Morgan fingerprint density at radius 1 is 1.32 bits per heavy atom. The predicted octanol–water partition coefficient (Wildman–Crippen LogP) is 2.44. The van der Waals surface area contributed by atoms with E-state index in [1.54, 1.807) is 12.3 Å². The zero-order valence-corrected chi connectivity index (χ0v) is 14.6. The van der Waals surface area contributed by atoms with Crippen LogP contribution in [0.4, 0.5) is 0 Å². The van der Waals surface area contributed by atoms with Crippen LogP contribution >= 0.6 is 0 Å². The molecule has 0 radical (unpaired) electrons. The molecule has 1 aromatic heterocycles. The number of nitrogens with zero attached hydrogens (tertiary/aromatic N) is 1. The third-order valence-electron chi connectivity index (χ3n) is 3.68. The minimum Gasteiger partial charge on any atom is -0.475 e. The van der Waals surface area contributed by atoms with Crippen LogP contribution in [-0.2, 0) is 19.0 Å². The molecular weight excluding hydrogens is 324 g/mol. The molecule has 0 saturated carbocycles. The van der Waals surface area contributed by atoms with Crippen molar-refractivity contribution in [3.05, 3.63) is 35.5 Å². The Balaban J connectivity index is 2.04.